The molecule has 0 aliphatic heterocycles. The van der Waals surface area contributed by atoms with Gasteiger partial charge in [0.1, 0.15) is 0 Å². The van der Waals surface area contributed by atoms with Crippen LogP contribution in [0.1, 0.15) is 71.6 Å². The van der Waals surface area contributed by atoms with Gasteiger partial charge in [-0.2, -0.15) is 0 Å². The fraction of sp³-hybridized carbons (Fsp3) is 0.652. The zero-order chi connectivity index (χ0) is 21.1. The molecule has 6 nitrogen and oxygen atoms in total. The highest BCUT2D eigenvalue weighted by Gasteiger charge is 2.19. The molecule has 1 fully saturated rings. The van der Waals surface area contributed by atoms with E-state index < -0.39 is 0 Å². The second-order valence-corrected chi connectivity index (χ2v) is 7.67. The summed E-state index contributed by atoms with van der Waals surface area (Å²) in [6.07, 6.45) is 7.90. The third kappa shape index (κ3) is 7.59. The van der Waals surface area contributed by atoms with Crippen LogP contribution in [0.15, 0.2) is 18.2 Å². The minimum absolute atomic E-state index is 0.0904. The van der Waals surface area contributed by atoms with Crippen LogP contribution in [-0.2, 0) is 9.59 Å². The third-order valence-corrected chi connectivity index (χ3v) is 5.18. The first-order valence-corrected chi connectivity index (χ1v) is 11.0. The normalized spacial score (nSPS) is 13.9. The van der Waals surface area contributed by atoms with E-state index in [4.69, 9.17) is 9.47 Å². The Balaban J connectivity index is 1.84. The lowest BCUT2D eigenvalue weighted by atomic mass is 10.2. The number of methoxy groups -OCH3 is 1. The zero-order valence-electron chi connectivity index (χ0n) is 18.2. The van der Waals surface area contributed by atoms with Gasteiger partial charge in [0.2, 0.25) is 11.8 Å². The monoisotopic (exact) mass is 404 g/mol. The van der Waals surface area contributed by atoms with Crippen molar-refractivity contribution in [3.05, 3.63) is 18.2 Å². The van der Waals surface area contributed by atoms with Crippen LogP contribution in [0.25, 0.3) is 0 Å². The summed E-state index contributed by atoms with van der Waals surface area (Å²) in [5, 5.41) is 2.91. The Morgan fingerprint density at radius 3 is 2.38 bits per heavy atom. The van der Waals surface area contributed by atoms with Gasteiger partial charge in [-0.3, -0.25) is 9.59 Å². The zero-order valence-corrected chi connectivity index (χ0v) is 18.2. The number of rotatable bonds is 12. The van der Waals surface area contributed by atoms with E-state index in [2.05, 4.69) is 19.2 Å². The minimum atomic E-state index is -0.0904. The second-order valence-electron chi connectivity index (χ2n) is 7.67. The Labute approximate surface area is 174 Å². The van der Waals surface area contributed by atoms with Gasteiger partial charge in [-0.1, -0.05) is 13.8 Å². The summed E-state index contributed by atoms with van der Waals surface area (Å²) in [6.45, 7) is 5.72. The average Bonchev–Trinajstić information content (AvgIpc) is 3.21. The van der Waals surface area contributed by atoms with E-state index in [0.29, 0.717) is 36.4 Å². The number of benzene rings is 1. The van der Waals surface area contributed by atoms with Gasteiger partial charge in [-0.15, -0.1) is 0 Å². The van der Waals surface area contributed by atoms with Gasteiger partial charge in [0, 0.05) is 37.7 Å². The molecule has 162 valence electrons. The smallest absolute Gasteiger partial charge is 0.224 e. The van der Waals surface area contributed by atoms with E-state index in [-0.39, 0.29) is 17.9 Å². The van der Waals surface area contributed by atoms with Crippen LogP contribution in [0.3, 0.4) is 0 Å². The van der Waals surface area contributed by atoms with Crippen LogP contribution >= 0.6 is 0 Å². The van der Waals surface area contributed by atoms with Crippen molar-refractivity contribution in [2.45, 2.75) is 77.7 Å². The van der Waals surface area contributed by atoms with Crippen molar-refractivity contribution in [3.63, 3.8) is 0 Å². The SMILES string of the molecule is CCCN(CCC)C(=O)CCCC(=O)Nc1ccc(OC)c(OC2CCCC2)c1. The molecule has 1 saturated carbocycles. The lowest BCUT2D eigenvalue weighted by Crippen LogP contribution is -2.32. The van der Waals surface area contributed by atoms with Crippen molar-refractivity contribution in [3.8, 4) is 11.5 Å². The van der Waals surface area contributed by atoms with Crippen LogP contribution < -0.4 is 14.8 Å². The Morgan fingerprint density at radius 1 is 1.07 bits per heavy atom. The first-order chi connectivity index (χ1) is 14.1. The van der Waals surface area contributed by atoms with Crippen LogP contribution in [0.5, 0.6) is 11.5 Å². The molecule has 0 radical (unpaired) electrons. The Kier molecular flexibility index (Phi) is 9.81. The highest BCUT2D eigenvalue weighted by Crippen LogP contribution is 2.34. The second kappa shape index (κ2) is 12.3. The molecular weight excluding hydrogens is 368 g/mol. The predicted octanol–water partition coefficient (Wildman–Crippen LogP) is 4.77. The maximum Gasteiger partial charge on any atom is 0.224 e. The van der Waals surface area contributed by atoms with E-state index in [1.54, 1.807) is 7.11 Å². The number of hydrogen-bond donors (Lipinski definition) is 1. The predicted molar refractivity (Wildman–Crippen MR) is 116 cm³/mol. The number of nitrogens with zero attached hydrogens (tertiary/aromatic N) is 1. The molecule has 1 aliphatic rings. The molecule has 1 aromatic rings. The Bertz CT molecular complexity index is 650. The summed E-state index contributed by atoms with van der Waals surface area (Å²) in [4.78, 5) is 26.5. The van der Waals surface area contributed by atoms with Gasteiger partial charge in [0.05, 0.1) is 13.2 Å². The summed E-state index contributed by atoms with van der Waals surface area (Å²) in [7, 11) is 1.62. The summed E-state index contributed by atoms with van der Waals surface area (Å²) >= 11 is 0. The topological polar surface area (TPSA) is 67.9 Å². The standard InChI is InChI=1S/C23H36N2O4/c1-4-15-25(16-5-2)23(27)12-8-11-22(26)24-18-13-14-20(28-3)21(17-18)29-19-9-6-7-10-19/h13-14,17,19H,4-12,15-16H2,1-3H3,(H,24,26). The molecule has 0 spiro atoms. The van der Waals surface area contributed by atoms with Crippen LogP contribution in [0.4, 0.5) is 5.69 Å². The largest absolute Gasteiger partial charge is 0.493 e. The molecule has 2 amide bonds. The van der Waals surface area contributed by atoms with Crippen molar-refractivity contribution >= 4 is 17.5 Å². The van der Waals surface area contributed by atoms with Gasteiger partial charge in [-0.05, 0) is 57.1 Å². The van der Waals surface area contributed by atoms with E-state index in [1.807, 2.05) is 23.1 Å². The lowest BCUT2D eigenvalue weighted by molar-refractivity contribution is -0.131. The van der Waals surface area contributed by atoms with Crippen molar-refractivity contribution < 1.29 is 19.1 Å². The van der Waals surface area contributed by atoms with E-state index in [1.165, 1.54) is 12.8 Å². The Morgan fingerprint density at radius 2 is 1.76 bits per heavy atom. The first-order valence-electron chi connectivity index (χ1n) is 11.0. The summed E-state index contributed by atoms with van der Waals surface area (Å²) in [5.74, 6) is 1.39. The molecule has 0 atom stereocenters. The van der Waals surface area contributed by atoms with E-state index >= 15 is 0 Å². The van der Waals surface area contributed by atoms with E-state index in [0.717, 1.165) is 38.8 Å². The molecule has 0 saturated heterocycles. The van der Waals surface area contributed by atoms with Crippen molar-refractivity contribution in [1.82, 2.24) is 4.90 Å². The molecule has 29 heavy (non-hydrogen) atoms. The molecule has 0 aromatic heterocycles. The molecule has 1 aromatic carbocycles. The molecule has 1 aliphatic carbocycles. The summed E-state index contributed by atoms with van der Waals surface area (Å²) in [5.41, 5.74) is 0.689. The number of nitrogens with one attached hydrogen (secondary N) is 1. The van der Waals surface area contributed by atoms with Gasteiger partial charge in [0.15, 0.2) is 11.5 Å². The maximum absolute atomic E-state index is 12.3. The quantitative estimate of drug-likeness (QED) is 0.545. The van der Waals surface area contributed by atoms with Crippen LogP contribution in [-0.4, -0.2) is 43.0 Å². The fourth-order valence-corrected chi connectivity index (χ4v) is 3.72. The molecule has 0 heterocycles. The minimum Gasteiger partial charge on any atom is -0.493 e. The first kappa shape index (κ1) is 23.0. The van der Waals surface area contributed by atoms with Gasteiger partial charge >= 0.3 is 0 Å². The van der Waals surface area contributed by atoms with Crippen molar-refractivity contribution in [2.75, 3.05) is 25.5 Å². The molecular formula is C23H36N2O4. The van der Waals surface area contributed by atoms with Crippen LogP contribution in [0, 0.1) is 0 Å². The number of amides is 2. The number of hydrogen-bond acceptors (Lipinski definition) is 4. The molecule has 1 N–H and O–H groups in total. The number of anilines is 1. The number of carbonyl (C=O) groups is 2. The van der Waals surface area contributed by atoms with E-state index in [9.17, 15) is 9.59 Å². The average molecular weight is 405 g/mol. The van der Waals surface area contributed by atoms with Gasteiger partial charge in [0.25, 0.3) is 0 Å². The summed E-state index contributed by atoms with van der Waals surface area (Å²) < 4.78 is 11.5. The number of carbonyl (C=O) groups excluding carboxylic acids is 2. The molecule has 0 bridgehead atoms. The maximum atomic E-state index is 12.3. The van der Waals surface area contributed by atoms with Gasteiger partial charge in [-0.25, -0.2) is 0 Å². The fourth-order valence-electron chi connectivity index (χ4n) is 3.72. The van der Waals surface area contributed by atoms with Crippen LogP contribution in [0.2, 0.25) is 0 Å². The molecule has 0 unspecified atom stereocenters. The highest BCUT2D eigenvalue weighted by atomic mass is 16.5. The Hall–Kier alpha value is -2.24. The molecule has 2 rings (SSSR count). The van der Waals surface area contributed by atoms with Crippen molar-refractivity contribution in [1.29, 1.82) is 0 Å². The lowest BCUT2D eigenvalue weighted by Gasteiger charge is -2.21. The van der Waals surface area contributed by atoms with Gasteiger partial charge < -0.3 is 19.7 Å². The number of ether oxygens (including phenoxy) is 2. The highest BCUT2D eigenvalue weighted by molar-refractivity contribution is 5.91. The third-order valence-electron chi connectivity index (χ3n) is 5.18. The van der Waals surface area contributed by atoms with Crippen molar-refractivity contribution in [2.24, 2.45) is 0 Å². The molecule has 6 heteroatoms. The summed E-state index contributed by atoms with van der Waals surface area (Å²) in [6, 6.07) is 5.45.